The van der Waals surface area contributed by atoms with Gasteiger partial charge in [0.15, 0.2) is 11.5 Å². The summed E-state index contributed by atoms with van der Waals surface area (Å²) in [6, 6.07) is 11.8. The normalized spacial score (nSPS) is 23.1. The summed E-state index contributed by atoms with van der Waals surface area (Å²) in [7, 11) is 4.81. The van der Waals surface area contributed by atoms with Crippen molar-refractivity contribution in [1.82, 2.24) is 0 Å². The molecule has 1 N–H and O–H groups in total. The Morgan fingerprint density at radius 1 is 1.00 bits per heavy atom. The number of para-hydroxylation sites is 2. The van der Waals surface area contributed by atoms with E-state index in [0.717, 1.165) is 29.1 Å². The van der Waals surface area contributed by atoms with Gasteiger partial charge in [-0.25, -0.2) is 0 Å². The molecule has 152 valence electrons. The van der Waals surface area contributed by atoms with E-state index in [-0.39, 0.29) is 23.7 Å². The van der Waals surface area contributed by atoms with Crippen LogP contribution in [0.15, 0.2) is 41.4 Å². The van der Waals surface area contributed by atoms with Crippen molar-refractivity contribution < 1.29 is 19.0 Å². The molecular formula is C23H26N2O4. The zero-order valence-electron chi connectivity index (χ0n) is 17.2. The SMILES string of the molecule is COc1ccc([C@@H]2CC(=O)[C@@H]3C(C)=Nc4ccccc4N[C@H]3C2)c(OC)c1OC. The fraction of sp³-hybridized carbons (Fsp3) is 0.391. The second-order valence-corrected chi connectivity index (χ2v) is 7.53. The van der Waals surface area contributed by atoms with E-state index in [1.807, 2.05) is 43.3 Å². The number of hydrogen-bond acceptors (Lipinski definition) is 6. The summed E-state index contributed by atoms with van der Waals surface area (Å²) in [5.74, 6) is 1.79. The number of benzene rings is 2. The Bertz CT molecular complexity index is 969. The van der Waals surface area contributed by atoms with Crippen LogP contribution in [0.1, 0.15) is 31.2 Å². The van der Waals surface area contributed by atoms with E-state index < -0.39 is 0 Å². The minimum Gasteiger partial charge on any atom is -0.493 e. The van der Waals surface area contributed by atoms with Crippen molar-refractivity contribution in [2.75, 3.05) is 26.6 Å². The number of methoxy groups -OCH3 is 3. The van der Waals surface area contributed by atoms with Crippen LogP contribution in [-0.4, -0.2) is 38.9 Å². The zero-order chi connectivity index (χ0) is 20.5. The monoisotopic (exact) mass is 394 g/mol. The van der Waals surface area contributed by atoms with Crippen LogP contribution < -0.4 is 19.5 Å². The minimum absolute atomic E-state index is 0.0177. The molecule has 0 unspecified atom stereocenters. The lowest BCUT2D eigenvalue weighted by atomic mass is 9.73. The highest BCUT2D eigenvalue weighted by molar-refractivity contribution is 6.08. The molecule has 0 spiro atoms. The molecule has 1 fully saturated rings. The maximum absolute atomic E-state index is 13.2. The van der Waals surface area contributed by atoms with E-state index in [4.69, 9.17) is 19.2 Å². The number of carbonyl (C=O) groups is 1. The fourth-order valence-corrected chi connectivity index (χ4v) is 4.62. The van der Waals surface area contributed by atoms with Crippen molar-refractivity contribution in [2.24, 2.45) is 10.9 Å². The van der Waals surface area contributed by atoms with E-state index in [0.29, 0.717) is 23.7 Å². The molecule has 2 aromatic carbocycles. The molecule has 0 amide bonds. The van der Waals surface area contributed by atoms with Crippen LogP contribution >= 0.6 is 0 Å². The molecule has 0 radical (unpaired) electrons. The number of Topliss-reactive ketones (excluding diaryl/α,β-unsaturated/α-hetero) is 1. The molecule has 2 aromatic rings. The Kier molecular flexibility index (Phi) is 5.18. The quantitative estimate of drug-likeness (QED) is 0.834. The molecule has 1 heterocycles. The summed E-state index contributed by atoms with van der Waals surface area (Å²) in [5.41, 5.74) is 3.68. The van der Waals surface area contributed by atoms with Crippen LogP contribution in [0.3, 0.4) is 0 Å². The molecule has 29 heavy (non-hydrogen) atoms. The van der Waals surface area contributed by atoms with Gasteiger partial charge in [0.2, 0.25) is 5.75 Å². The van der Waals surface area contributed by atoms with Crippen LogP contribution in [0.25, 0.3) is 0 Å². The molecule has 6 heteroatoms. The van der Waals surface area contributed by atoms with Crippen LogP contribution in [-0.2, 0) is 4.79 Å². The molecule has 0 saturated heterocycles. The van der Waals surface area contributed by atoms with E-state index in [9.17, 15) is 4.79 Å². The number of carbonyl (C=O) groups excluding carboxylic acids is 1. The first-order valence-electron chi connectivity index (χ1n) is 9.79. The van der Waals surface area contributed by atoms with E-state index >= 15 is 0 Å². The van der Waals surface area contributed by atoms with E-state index in [2.05, 4.69) is 5.32 Å². The Balaban J connectivity index is 1.72. The van der Waals surface area contributed by atoms with Crippen LogP contribution in [0, 0.1) is 5.92 Å². The number of fused-ring (bicyclic) bond motifs is 2. The number of aliphatic imine (C=N–C) groups is 1. The smallest absolute Gasteiger partial charge is 0.203 e. The number of ether oxygens (including phenoxy) is 3. The van der Waals surface area contributed by atoms with Gasteiger partial charge in [0.25, 0.3) is 0 Å². The first kappa shape index (κ1) is 19.3. The third-order valence-electron chi connectivity index (χ3n) is 5.90. The van der Waals surface area contributed by atoms with E-state index in [1.54, 1.807) is 21.3 Å². The summed E-state index contributed by atoms with van der Waals surface area (Å²) < 4.78 is 16.6. The third-order valence-corrected chi connectivity index (χ3v) is 5.90. The van der Waals surface area contributed by atoms with Gasteiger partial charge in [0, 0.05) is 23.7 Å². The van der Waals surface area contributed by atoms with Crippen LogP contribution in [0.2, 0.25) is 0 Å². The van der Waals surface area contributed by atoms with E-state index in [1.165, 1.54) is 0 Å². The number of nitrogens with one attached hydrogen (secondary N) is 1. The average molecular weight is 394 g/mol. The molecule has 1 saturated carbocycles. The standard InChI is InChI=1S/C23H26N2O4/c1-13-21-18(25-17-8-6-5-7-16(17)24-13)11-14(12-19(21)26)15-9-10-20(27-2)23(29-4)22(15)28-3/h5-10,14,18,21,25H,11-12H2,1-4H3/t14-,18-,21+/m0/s1. The Morgan fingerprint density at radius 2 is 1.76 bits per heavy atom. The van der Waals surface area contributed by atoms with Crippen molar-refractivity contribution >= 4 is 22.9 Å². The van der Waals surface area contributed by atoms with Crippen molar-refractivity contribution in [1.29, 1.82) is 0 Å². The molecule has 2 aliphatic rings. The Morgan fingerprint density at radius 3 is 2.48 bits per heavy atom. The highest BCUT2D eigenvalue weighted by Gasteiger charge is 2.41. The number of nitrogens with zero attached hydrogens (tertiary/aromatic N) is 1. The molecule has 1 aliphatic heterocycles. The molecule has 0 bridgehead atoms. The number of rotatable bonds is 4. The van der Waals surface area contributed by atoms with Gasteiger partial charge in [-0.2, -0.15) is 0 Å². The molecule has 6 nitrogen and oxygen atoms in total. The topological polar surface area (TPSA) is 69.2 Å². The summed E-state index contributed by atoms with van der Waals surface area (Å²) in [6.45, 7) is 1.96. The zero-order valence-corrected chi connectivity index (χ0v) is 17.2. The van der Waals surface area contributed by atoms with Gasteiger partial charge in [-0.05, 0) is 37.5 Å². The summed E-state index contributed by atoms with van der Waals surface area (Å²) in [6.07, 6.45) is 1.24. The lowest BCUT2D eigenvalue weighted by Crippen LogP contribution is -2.43. The maximum Gasteiger partial charge on any atom is 0.203 e. The third kappa shape index (κ3) is 3.33. The predicted molar refractivity (Wildman–Crippen MR) is 113 cm³/mol. The summed E-state index contributed by atoms with van der Waals surface area (Å²) >= 11 is 0. The van der Waals surface area contributed by atoms with Gasteiger partial charge in [-0.1, -0.05) is 18.2 Å². The fourth-order valence-electron chi connectivity index (χ4n) is 4.62. The van der Waals surface area contributed by atoms with Gasteiger partial charge in [-0.15, -0.1) is 0 Å². The minimum atomic E-state index is -0.218. The van der Waals surface area contributed by atoms with Gasteiger partial charge in [-0.3, -0.25) is 9.79 Å². The first-order valence-corrected chi connectivity index (χ1v) is 9.79. The predicted octanol–water partition coefficient (Wildman–Crippen LogP) is 4.36. The van der Waals surface area contributed by atoms with Gasteiger partial charge in [0.1, 0.15) is 5.78 Å². The van der Waals surface area contributed by atoms with Gasteiger partial charge >= 0.3 is 0 Å². The Hall–Kier alpha value is -3.02. The first-order chi connectivity index (χ1) is 14.1. The largest absolute Gasteiger partial charge is 0.493 e. The maximum atomic E-state index is 13.2. The molecular weight excluding hydrogens is 368 g/mol. The molecule has 1 aliphatic carbocycles. The summed E-state index contributed by atoms with van der Waals surface area (Å²) in [5, 5.41) is 3.58. The van der Waals surface area contributed by atoms with Crippen molar-refractivity contribution in [3.05, 3.63) is 42.0 Å². The van der Waals surface area contributed by atoms with Gasteiger partial charge in [0.05, 0.1) is 38.6 Å². The van der Waals surface area contributed by atoms with Crippen LogP contribution in [0.5, 0.6) is 17.2 Å². The second-order valence-electron chi connectivity index (χ2n) is 7.53. The number of ketones is 1. The highest BCUT2D eigenvalue weighted by Crippen LogP contribution is 2.47. The van der Waals surface area contributed by atoms with Crippen molar-refractivity contribution in [3.63, 3.8) is 0 Å². The number of hydrogen-bond donors (Lipinski definition) is 1. The average Bonchev–Trinajstić information content (AvgIpc) is 2.87. The Labute approximate surface area is 170 Å². The van der Waals surface area contributed by atoms with Crippen LogP contribution in [0.4, 0.5) is 11.4 Å². The van der Waals surface area contributed by atoms with Crippen molar-refractivity contribution in [2.45, 2.75) is 31.7 Å². The van der Waals surface area contributed by atoms with Crippen molar-refractivity contribution in [3.8, 4) is 17.2 Å². The lowest BCUT2D eigenvalue weighted by molar-refractivity contribution is -0.123. The molecule has 0 aromatic heterocycles. The highest BCUT2D eigenvalue weighted by atomic mass is 16.5. The second kappa shape index (κ2) is 7.78. The number of anilines is 1. The summed E-state index contributed by atoms with van der Waals surface area (Å²) in [4.78, 5) is 17.9. The molecule has 3 atom stereocenters. The molecule has 4 rings (SSSR count). The van der Waals surface area contributed by atoms with Gasteiger partial charge < -0.3 is 19.5 Å². The lowest BCUT2D eigenvalue weighted by Gasteiger charge is -2.36.